The Hall–Kier alpha value is -2.77. The minimum absolute atomic E-state index is 0.0393. The molecule has 2 amide bonds. The normalized spacial score (nSPS) is 13.0. The summed E-state index contributed by atoms with van der Waals surface area (Å²) in [6, 6.07) is 8.82. The molecule has 134 valence electrons. The lowest BCUT2D eigenvalue weighted by Crippen LogP contribution is -2.43. The lowest BCUT2D eigenvalue weighted by Gasteiger charge is -2.28. The molecule has 0 saturated carbocycles. The standard InChI is InChI=1S/C17H12Cl2N2O5/c18-9-1-3-13(11(5-9)17(20)24)26-16(23)7-21-12-6-10(19)2-4-14(12)25-8-15(21)22/h1-6H,7-8H2,(H2,20,24). The Kier molecular flexibility index (Phi) is 5.01. The Morgan fingerprint density at radius 1 is 1.15 bits per heavy atom. The van der Waals surface area contributed by atoms with Crippen molar-refractivity contribution < 1.29 is 23.9 Å². The predicted octanol–water partition coefficient (Wildman–Crippen LogP) is 2.42. The lowest BCUT2D eigenvalue weighted by molar-refractivity contribution is -0.134. The predicted molar refractivity (Wildman–Crippen MR) is 94.9 cm³/mol. The quantitative estimate of drug-likeness (QED) is 0.633. The molecule has 2 aromatic rings. The molecule has 0 fully saturated rings. The maximum Gasteiger partial charge on any atom is 0.331 e. The van der Waals surface area contributed by atoms with Gasteiger partial charge in [0.25, 0.3) is 11.8 Å². The number of nitrogens with two attached hydrogens (primary N) is 1. The van der Waals surface area contributed by atoms with Crippen LogP contribution in [0.5, 0.6) is 11.5 Å². The second-order valence-corrected chi connectivity index (χ2v) is 6.23. The van der Waals surface area contributed by atoms with Crippen LogP contribution in [0.4, 0.5) is 5.69 Å². The number of hydrogen-bond acceptors (Lipinski definition) is 5. The van der Waals surface area contributed by atoms with Crippen molar-refractivity contribution in [3.63, 3.8) is 0 Å². The van der Waals surface area contributed by atoms with E-state index in [4.69, 9.17) is 38.4 Å². The Labute approximate surface area is 158 Å². The van der Waals surface area contributed by atoms with Gasteiger partial charge in [-0.2, -0.15) is 0 Å². The van der Waals surface area contributed by atoms with Crippen molar-refractivity contribution in [2.24, 2.45) is 5.73 Å². The highest BCUT2D eigenvalue weighted by Gasteiger charge is 2.28. The summed E-state index contributed by atoms with van der Waals surface area (Å²) in [5, 5.41) is 0.652. The molecule has 0 unspecified atom stereocenters. The lowest BCUT2D eigenvalue weighted by atomic mass is 10.2. The second kappa shape index (κ2) is 7.23. The maximum atomic E-state index is 12.3. The Morgan fingerprint density at radius 2 is 1.85 bits per heavy atom. The molecule has 0 bridgehead atoms. The molecule has 26 heavy (non-hydrogen) atoms. The van der Waals surface area contributed by atoms with Crippen molar-refractivity contribution in [3.8, 4) is 11.5 Å². The molecule has 0 radical (unpaired) electrons. The Balaban J connectivity index is 1.82. The molecular formula is C17H12Cl2N2O5. The van der Waals surface area contributed by atoms with Gasteiger partial charge in [-0.25, -0.2) is 4.79 Å². The molecule has 0 aliphatic carbocycles. The van der Waals surface area contributed by atoms with E-state index >= 15 is 0 Å². The largest absolute Gasteiger partial charge is 0.482 e. The summed E-state index contributed by atoms with van der Waals surface area (Å²) in [4.78, 5) is 37.1. The molecule has 1 aliphatic rings. The highest BCUT2D eigenvalue weighted by Crippen LogP contribution is 2.34. The van der Waals surface area contributed by atoms with Crippen molar-refractivity contribution in [2.75, 3.05) is 18.1 Å². The fourth-order valence-electron chi connectivity index (χ4n) is 2.42. The van der Waals surface area contributed by atoms with Crippen LogP contribution >= 0.6 is 23.2 Å². The Morgan fingerprint density at radius 3 is 2.58 bits per heavy atom. The summed E-state index contributed by atoms with van der Waals surface area (Å²) in [6.45, 7) is -0.605. The van der Waals surface area contributed by atoms with Crippen molar-refractivity contribution >= 4 is 46.7 Å². The highest BCUT2D eigenvalue weighted by atomic mass is 35.5. The van der Waals surface area contributed by atoms with E-state index in [1.807, 2.05) is 0 Å². The van der Waals surface area contributed by atoms with E-state index in [0.717, 1.165) is 0 Å². The number of esters is 1. The first-order chi connectivity index (χ1) is 12.3. The SMILES string of the molecule is NC(=O)c1cc(Cl)ccc1OC(=O)CN1C(=O)COc2ccc(Cl)cc21. The summed E-state index contributed by atoms with van der Waals surface area (Å²) >= 11 is 11.8. The van der Waals surface area contributed by atoms with Crippen LogP contribution in [-0.4, -0.2) is 30.9 Å². The van der Waals surface area contributed by atoms with Crippen LogP contribution < -0.4 is 20.1 Å². The number of primary amides is 1. The fraction of sp³-hybridized carbons (Fsp3) is 0.118. The van der Waals surface area contributed by atoms with Crippen molar-refractivity contribution in [1.29, 1.82) is 0 Å². The maximum absolute atomic E-state index is 12.3. The molecule has 0 saturated heterocycles. The van der Waals surface area contributed by atoms with E-state index in [0.29, 0.717) is 16.5 Å². The van der Waals surface area contributed by atoms with Crippen LogP contribution in [0.1, 0.15) is 10.4 Å². The number of nitrogens with zero attached hydrogens (tertiary/aromatic N) is 1. The van der Waals surface area contributed by atoms with Gasteiger partial charge in [-0.05, 0) is 36.4 Å². The Bertz CT molecular complexity index is 916. The molecule has 0 spiro atoms. The summed E-state index contributed by atoms with van der Waals surface area (Å²) in [6.07, 6.45) is 0. The summed E-state index contributed by atoms with van der Waals surface area (Å²) < 4.78 is 10.5. The van der Waals surface area contributed by atoms with E-state index in [2.05, 4.69) is 0 Å². The van der Waals surface area contributed by atoms with E-state index < -0.39 is 24.3 Å². The average Bonchev–Trinajstić information content (AvgIpc) is 2.59. The molecule has 2 aromatic carbocycles. The highest BCUT2D eigenvalue weighted by molar-refractivity contribution is 6.31. The van der Waals surface area contributed by atoms with Gasteiger partial charge in [-0.15, -0.1) is 0 Å². The third kappa shape index (κ3) is 3.74. The molecule has 1 heterocycles. The zero-order valence-corrected chi connectivity index (χ0v) is 14.7. The van der Waals surface area contributed by atoms with Gasteiger partial charge < -0.3 is 15.2 Å². The summed E-state index contributed by atoms with van der Waals surface area (Å²) in [5.41, 5.74) is 5.58. The number of ether oxygens (including phenoxy) is 2. The smallest absolute Gasteiger partial charge is 0.331 e. The number of carbonyl (C=O) groups is 3. The van der Waals surface area contributed by atoms with Crippen LogP contribution in [0.3, 0.4) is 0 Å². The minimum Gasteiger partial charge on any atom is -0.482 e. The van der Waals surface area contributed by atoms with E-state index in [9.17, 15) is 14.4 Å². The van der Waals surface area contributed by atoms with E-state index in [1.165, 1.54) is 29.2 Å². The van der Waals surface area contributed by atoms with E-state index in [1.54, 1.807) is 12.1 Å². The molecular weight excluding hydrogens is 383 g/mol. The van der Waals surface area contributed by atoms with Crippen molar-refractivity contribution in [3.05, 3.63) is 52.0 Å². The number of benzene rings is 2. The molecule has 3 rings (SSSR count). The number of anilines is 1. The van der Waals surface area contributed by atoms with Gasteiger partial charge in [0, 0.05) is 10.0 Å². The third-order valence-corrected chi connectivity index (χ3v) is 4.05. The monoisotopic (exact) mass is 394 g/mol. The molecule has 0 aromatic heterocycles. The molecule has 9 heteroatoms. The van der Waals surface area contributed by atoms with Crippen LogP contribution in [-0.2, 0) is 9.59 Å². The first-order valence-electron chi connectivity index (χ1n) is 7.38. The van der Waals surface area contributed by atoms with Gasteiger partial charge in [0.2, 0.25) is 0 Å². The number of carbonyl (C=O) groups excluding carboxylic acids is 3. The minimum atomic E-state index is -0.796. The van der Waals surface area contributed by atoms with Crippen LogP contribution in [0.15, 0.2) is 36.4 Å². The first kappa shape index (κ1) is 18.0. The zero-order chi connectivity index (χ0) is 18.8. The van der Waals surface area contributed by atoms with Gasteiger partial charge in [0.1, 0.15) is 18.0 Å². The van der Waals surface area contributed by atoms with E-state index in [-0.39, 0.29) is 22.9 Å². The van der Waals surface area contributed by atoms with Crippen molar-refractivity contribution in [2.45, 2.75) is 0 Å². The van der Waals surface area contributed by atoms with Crippen molar-refractivity contribution in [1.82, 2.24) is 0 Å². The second-order valence-electron chi connectivity index (χ2n) is 5.36. The molecule has 7 nitrogen and oxygen atoms in total. The molecule has 2 N–H and O–H groups in total. The third-order valence-electron chi connectivity index (χ3n) is 3.58. The van der Waals surface area contributed by atoms with Gasteiger partial charge in [-0.3, -0.25) is 14.5 Å². The molecule has 0 atom stereocenters. The fourth-order valence-corrected chi connectivity index (χ4v) is 2.75. The summed E-state index contributed by atoms with van der Waals surface area (Å²) in [5.74, 6) is -1.61. The number of hydrogen-bond donors (Lipinski definition) is 1. The zero-order valence-electron chi connectivity index (χ0n) is 13.2. The topological polar surface area (TPSA) is 98.9 Å². The van der Waals surface area contributed by atoms with Crippen LogP contribution in [0.2, 0.25) is 10.0 Å². The van der Waals surface area contributed by atoms with Gasteiger partial charge >= 0.3 is 5.97 Å². The number of fused-ring (bicyclic) bond motifs is 1. The van der Waals surface area contributed by atoms with Crippen LogP contribution in [0.25, 0.3) is 0 Å². The number of halogens is 2. The summed E-state index contributed by atoms with van der Waals surface area (Å²) in [7, 11) is 0. The van der Waals surface area contributed by atoms with Gasteiger partial charge in [-0.1, -0.05) is 23.2 Å². The first-order valence-corrected chi connectivity index (χ1v) is 8.13. The van der Waals surface area contributed by atoms with Gasteiger partial charge in [0.15, 0.2) is 6.61 Å². The average molecular weight is 395 g/mol. The van der Waals surface area contributed by atoms with Gasteiger partial charge in [0.05, 0.1) is 11.3 Å². The number of rotatable bonds is 4. The number of amides is 2. The molecule has 1 aliphatic heterocycles. The van der Waals surface area contributed by atoms with Crippen LogP contribution in [0, 0.1) is 0 Å².